The summed E-state index contributed by atoms with van der Waals surface area (Å²) in [6, 6.07) is 0. The summed E-state index contributed by atoms with van der Waals surface area (Å²) in [5.41, 5.74) is -5.67. The van der Waals surface area contributed by atoms with E-state index in [9.17, 15) is 24.4 Å². The molecule has 3 fully saturated rings. The number of alkyl halides is 1. The molecule has 0 spiro atoms. The zero-order valence-corrected chi connectivity index (χ0v) is 20.3. The highest BCUT2D eigenvalue weighted by Crippen LogP contribution is 2.70. The van der Waals surface area contributed by atoms with Crippen molar-refractivity contribution >= 4 is 19.4 Å². The van der Waals surface area contributed by atoms with Gasteiger partial charge in [0.2, 0.25) is 0 Å². The number of halogens is 1. The van der Waals surface area contributed by atoms with Gasteiger partial charge in [-0.25, -0.2) is 8.96 Å². The van der Waals surface area contributed by atoms with Gasteiger partial charge in [-0.3, -0.25) is 14.1 Å². The number of fused-ring (bicyclic) bond motifs is 5. The van der Waals surface area contributed by atoms with E-state index in [1.807, 2.05) is 0 Å². The van der Waals surface area contributed by atoms with Gasteiger partial charge in [-0.05, 0) is 56.6 Å². The SMILES string of the molecule is CC1CC2C3CCC4=CC(=O)C=CC4(C)C3(F)C(O)CC2(C)C1(O)C(=O)COCOP(=O)(O)O. The molecule has 11 heteroatoms. The van der Waals surface area contributed by atoms with Crippen LogP contribution in [0.25, 0.3) is 0 Å². The van der Waals surface area contributed by atoms with Crippen LogP contribution in [0.2, 0.25) is 0 Å². The van der Waals surface area contributed by atoms with E-state index in [0.29, 0.717) is 24.8 Å². The number of phosphoric acid groups is 1. The number of hydrogen-bond donors (Lipinski definition) is 4. The Morgan fingerprint density at radius 1 is 1.29 bits per heavy atom. The van der Waals surface area contributed by atoms with Crippen molar-refractivity contribution < 1.29 is 47.8 Å². The van der Waals surface area contributed by atoms with Gasteiger partial charge in [0.1, 0.15) is 12.2 Å². The molecule has 4 aliphatic carbocycles. The first kappa shape index (κ1) is 25.8. The molecule has 0 radical (unpaired) electrons. The van der Waals surface area contributed by atoms with Crippen molar-refractivity contribution in [3.8, 4) is 0 Å². The van der Waals surface area contributed by atoms with E-state index in [1.165, 1.54) is 12.2 Å². The highest BCUT2D eigenvalue weighted by Gasteiger charge is 2.75. The summed E-state index contributed by atoms with van der Waals surface area (Å²) in [5.74, 6) is -2.54. The van der Waals surface area contributed by atoms with Crippen molar-refractivity contribution in [2.24, 2.45) is 28.6 Å². The van der Waals surface area contributed by atoms with Crippen LogP contribution in [0.3, 0.4) is 0 Å². The number of carbonyl (C=O) groups excluding carboxylic acids is 2. The predicted molar refractivity (Wildman–Crippen MR) is 117 cm³/mol. The van der Waals surface area contributed by atoms with E-state index in [-0.39, 0.29) is 12.2 Å². The third kappa shape index (κ3) is 3.45. The zero-order chi connectivity index (χ0) is 25.3. The van der Waals surface area contributed by atoms with E-state index in [2.05, 4.69) is 4.52 Å². The molecule has 0 aromatic rings. The van der Waals surface area contributed by atoms with Gasteiger partial charge in [0.15, 0.2) is 24.0 Å². The van der Waals surface area contributed by atoms with Crippen LogP contribution < -0.4 is 0 Å². The van der Waals surface area contributed by atoms with E-state index in [4.69, 9.17) is 14.5 Å². The van der Waals surface area contributed by atoms with Gasteiger partial charge >= 0.3 is 7.82 Å². The number of rotatable bonds is 6. The summed E-state index contributed by atoms with van der Waals surface area (Å²) >= 11 is 0. The van der Waals surface area contributed by atoms with Gasteiger partial charge in [0, 0.05) is 16.7 Å². The minimum absolute atomic E-state index is 0.166. The van der Waals surface area contributed by atoms with Crippen molar-refractivity contribution in [3.05, 3.63) is 23.8 Å². The van der Waals surface area contributed by atoms with Crippen molar-refractivity contribution in [3.63, 3.8) is 0 Å². The fourth-order valence-corrected chi connectivity index (χ4v) is 7.70. The van der Waals surface area contributed by atoms with Crippen LogP contribution in [-0.2, 0) is 23.4 Å². The van der Waals surface area contributed by atoms with Gasteiger partial charge in [-0.2, -0.15) is 0 Å². The van der Waals surface area contributed by atoms with Gasteiger partial charge in [-0.1, -0.05) is 25.5 Å². The molecule has 0 aromatic heterocycles. The van der Waals surface area contributed by atoms with Crippen LogP contribution in [-0.4, -0.2) is 62.3 Å². The van der Waals surface area contributed by atoms with E-state index in [1.54, 1.807) is 26.8 Å². The Hall–Kier alpha value is -1.26. The van der Waals surface area contributed by atoms with Crippen molar-refractivity contribution in [1.82, 2.24) is 0 Å². The van der Waals surface area contributed by atoms with Gasteiger partial charge in [0.25, 0.3) is 0 Å². The van der Waals surface area contributed by atoms with E-state index >= 15 is 4.39 Å². The molecule has 0 bridgehead atoms. The second kappa shape index (κ2) is 8.13. The number of Topliss-reactive ketones (excluding diaryl/α,β-unsaturated/α-hetero) is 1. The number of phosphoric ester groups is 1. The molecule has 190 valence electrons. The minimum atomic E-state index is -4.78. The van der Waals surface area contributed by atoms with Crippen LogP contribution in [0.4, 0.5) is 4.39 Å². The van der Waals surface area contributed by atoms with Crippen LogP contribution >= 0.6 is 7.82 Å². The third-order valence-corrected chi connectivity index (χ3v) is 9.63. The van der Waals surface area contributed by atoms with Crippen LogP contribution in [0, 0.1) is 28.6 Å². The smallest absolute Gasteiger partial charge is 0.390 e. The van der Waals surface area contributed by atoms with E-state index in [0.717, 1.165) is 0 Å². The molecular weight excluding hydrogens is 470 g/mol. The molecule has 9 nitrogen and oxygen atoms in total. The maximum Gasteiger partial charge on any atom is 0.471 e. The van der Waals surface area contributed by atoms with Crippen molar-refractivity contribution in [1.29, 1.82) is 0 Å². The third-order valence-electron chi connectivity index (χ3n) is 9.19. The van der Waals surface area contributed by atoms with Crippen molar-refractivity contribution in [2.45, 2.75) is 63.8 Å². The summed E-state index contributed by atoms with van der Waals surface area (Å²) in [4.78, 5) is 42.6. The number of hydrogen-bond acceptors (Lipinski definition) is 7. The Kier molecular flexibility index (Phi) is 6.17. The molecular formula is C23H32FO9P. The number of aliphatic hydroxyl groups excluding tert-OH is 1. The largest absolute Gasteiger partial charge is 0.471 e. The molecule has 0 amide bonds. The molecule has 4 aliphatic rings. The molecule has 8 unspecified atom stereocenters. The van der Waals surface area contributed by atoms with E-state index < -0.39 is 73.0 Å². The highest BCUT2D eigenvalue weighted by molar-refractivity contribution is 7.46. The van der Waals surface area contributed by atoms with Crippen LogP contribution in [0.15, 0.2) is 23.8 Å². The number of aliphatic hydroxyl groups is 2. The van der Waals surface area contributed by atoms with Crippen molar-refractivity contribution in [2.75, 3.05) is 13.4 Å². The first-order chi connectivity index (χ1) is 15.6. The molecule has 3 saturated carbocycles. The fourth-order valence-electron chi connectivity index (χ4n) is 7.49. The molecule has 0 saturated heterocycles. The maximum absolute atomic E-state index is 17.1. The van der Waals surface area contributed by atoms with Gasteiger partial charge in [-0.15, -0.1) is 0 Å². The molecule has 0 aromatic carbocycles. The quantitative estimate of drug-likeness (QED) is 0.243. The number of carbonyl (C=O) groups is 2. The van der Waals surface area contributed by atoms with Crippen LogP contribution in [0.5, 0.6) is 0 Å². The maximum atomic E-state index is 17.1. The lowest BCUT2D eigenvalue weighted by molar-refractivity contribution is -0.220. The van der Waals surface area contributed by atoms with Gasteiger partial charge in [0.05, 0.1) is 6.10 Å². The molecule has 4 rings (SSSR count). The molecule has 8 atom stereocenters. The fraction of sp³-hybridized carbons (Fsp3) is 0.739. The molecule has 4 N–H and O–H groups in total. The zero-order valence-electron chi connectivity index (χ0n) is 19.4. The molecule has 0 aliphatic heterocycles. The Bertz CT molecular complexity index is 1010. The molecule has 34 heavy (non-hydrogen) atoms. The lowest BCUT2D eigenvalue weighted by atomic mass is 9.44. The monoisotopic (exact) mass is 502 g/mol. The first-order valence-corrected chi connectivity index (χ1v) is 13.0. The summed E-state index contributed by atoms with van der Waals surface area (Å²) < 4.78 is 37.0. The van der Waals surface area contributed by atoms with Gasteiger partial charge < -0.3 is 24.7 Å². The summed E-state index contributed by atoms with van der Waals surface area (Å²) in [5, 5.41) is 23.0. The second-order valence-electron chi connectivity index (χ2n) is 10.7. The summed E-state index contributed by atoms with van der Waals surface area (Å²) in [6.45, 7) is 3.61. The lowest BCUT2D eigenvalue weighted by Gasteiger charge is -2.62. The van der Waals surface area contributed by atoms with Crippen LogP contribution in [0.1, 0.15) is 46.5 Å². The highest BCUT2D eigenvalue weighted by atomic mass is 31.2. The normalized spacial score (nSPS) is 45.9. The lowest BCUT2D eigenvalue weighted by Crippen LogP contribution is -2.69. The summed E-state index contributed by atoms with van der Waals surface area (Å²) in [6.07, 6.45) is 3.89. The Morgan fingerprint density at radius 3 is 2.62 bits per heavy atom. The number of ketones is 2. The minimum Gasteiger partial charge on any atom is -0.390 e. The number of ether oxygens (including phenoxy) is 1. The predicted octanol–water partition coefficient (Wildman–Crippen LogP) is 1.99. The average Bonchev–Trinajstić information content (AvgIpc) is 2.93. The second-order valence-corrected chi connectivity index (χ2v) is 11.9. The average molecular weight is 502 g/mol. The Morgan fingerprint density at radius 2 is 1.97 bits per heavy atom. The standard InChI is InChI=1S/C23H32FO9P/c1-13-8-17-16-5-4-14-9-15(25)6-7-20(14,2)22(16,24)18(26)10-21(17,3)23(13,28)19(27)11-32-12-33-34(29,30)31/h6-7,9,13,16-18,26,28H,4-5,8,10-12H2,1-3H3,(H2,29,30,31). The Labute approximate surface area is 197 Å². The summed E-state index contributed by atoms with van der Waals surface area (Å²) in [7, 11) is -4.78. The molecule has 0 heterocycles. The number of allylic oxidation sites excluding steroid dienone is 4. The topological polar surface area (TPSA) is 151 Å². The Balaban J connectivity index is 1.63. The first-order valence-electron chi connectivity index (χ1n) is 11.5.